The number of benzene rings is 1. The van der Waals surface area contributed by atoms with Crippen molar-refractivity contribution in [1.82, 2.24) is 19.4 Å². The fraction of sp³-hybridized carbons (Fsp3) is 0.476. The lowest BCUT2D eigenvalue weighted by molar-refractivity contribution is 0.167. The van der Waals surface area contributed by atoms with Crippen LogP contribution >= 0.6 is 11.3 Å². The summed E-state index contributed by atoms with van der Waals surface area (Å²) in [6.45, 7) is 9.67. The molecule has 2 aromatic heterocycles. The lowest BCUT2D eigenvalue weighted by Crippen LogP contribution is -2.36. The highest BCUT2D eigenvalue weighted by Gasteiger charge is 2.22. The molecule has 0 bridgehead atoms. The second kappa shape index (κ2) is 7.72. The minimum absolute atomic E-state index is 0.0688. The van der Waals surface area contributed by atoms with E-state index in [0.29, 0.717) is 29.2 Å². The van der Waals surface area contributed by atoms with Gasteiger partial charge in [-0.3, -0.25) is 14.3 Å². The molecule has 28 heavy (non-hydrogen) atoms. The van der Waals surface area contributed by atoms with Gasteiger partial charge in [0.25, 0.3) is 5.56 Å². The Kier molecular flexibility index (Phi) is 5.29. The lowest BCUT2D eigenvalue weighted by atomic mass is 9.96. The first kappa shape index (κ1) is 19.2. The number of hydrogen-bond donors (Lipinski definition) is 0. The molecule has 148 valence electrons. The van der Waals surface area contributed by atoms with Crippen molar-refractivity contribution in [2.45, 2.75) is 46.7 Å². The molecule has 5 nitrogen and oxygen atoms in total. The second-order valence-corrected chi connectivity index (χ2v) is 8.98. The first-order valence-electron chi connectivity index (χ1n) is 9.72. The first-order valence-corrected chi connectivity index (χ1v) is 10.5. The van der Waals surface area contributed by atoms with Gasteiger partial charge >= 0.3 is 0 Å². The Labute approximate surface area is 167 Å². The zero-order valence-electron chi connectivity index (χ0n) is 16.5. The van der Waals surface area contributed by atoms with Gasteiger partial charge in [-0.2, -0.15) is 0 Å². The smallest absolute Gasteiger partial charge is 0.261 e. The molecule has 0 aliphatic carbocycles. The van der Waals surface area contributed by atoms with Crippen LogP contribution in [-0.2, 0) is 13.1 Å². The standard InChI is InChI=1S/C21H25FN4OS/c1-13-20(28-15(3)23-13)12-25-8-6-16(7-9-25)11-26-14(2)24-19-10-17(22)4-5-18(19)21(26)27/h4-5,10,16H,6-9,11-12H2,1-3H3. The van der Waals surface area contributed by atoms with E-state index in [2.05, 4.69) is 28.7 Å². The largest absolute Gasteiger partial charge is 0.298 e. The Morgan fingerprint density at radius 2 is 1.93 bits per heavy atom. The van der Waals surface area contributed by atoms with Crippen molar-refractivity contribution in [1.29, 1.82) is 0 Å². The van der Waals surface area contributed by atoms with Crippen LogP contribution in [0.4, 0.5) is 4.39 Å². The van der Waals surface area contributed by atoms with Crippen molar-refractivity contribution in [2.24, 2.45) is 5.92 Å². The molecule has 4 rings (SSSR count). The van der Waals surface area contributed by atoms with Crippen LogP contribution in [0.1, 0.15) is 34.2 Å². The van der Waals surface area contributed by atoms with Crippen molar-refractivity contribution in [2.75, 3.05) is 13.1 Å². The van der Waals surface area contributed by atoms with Gasteiger partial charge < -0.3 is 0 Å². The van der Waals surface area contributed by atoms with E-state index >= 15 is 0 Å². The topological polar surface area (TPSA) is 51.0 Å². The molecule has 0 radical (unpaired) electrons. The van der Waals surface area contributed by atoms with E-state index in [1.807, 2.05) is 6.92 Å². The molecule has 1 aromatic carbocycles. The van der Waals surface area contributed by atoms with Crippen LogP contribution in [0.25, 0.3) is 10.9 Å². The highest BCUT2D eigenvalue weighted by atomic mass is 32.1. The van der Waals surface area contributed by atoms with Gasteiger partial charge in [-0.05, 0) is 64.8 Å². The molecule has 1 aliphatic rings. The zero-order valence-corrected chi connectivity index (χ0v) is 17.4. The van der Waals surface area contributed by atoms with E-state index in [-0.39, 0.29) is 11.4 Å². The molecule has 0 atom stereocenters. The van der Waals surface area contributed by atoms with Gasteiger partial charge in [0.1, 0.15) is 11.6 Å². The molecule has 0 saturated carbocycles. The van der Waals surface area contributed by atoms with Crippen LogP contribution in [0, 0.1) is 32.5 Å². The number of rotatable bonds is 4. The number of hydrogen-bond acceptors (Lipinski definition) is 5. The molecule has 1 fully saturated rings. The monoisotopic (exact) mass is 400 g/mol. The number of fused-ring (bicyclic) bond motifs is 1. The number of nitrogens with zero attached hydrogens (tertiary/aromatic N) is 4. The maximum atomic E-state index is 13.4. The first-order chi connectivity index (χ1) is 13.4. The Hall–Kier alpha value is -2.12. The summed E-state index contributed by atoms with van der Waals surface area (Å²) in [6.07, 6.45) is 2.12. The van der Waals surface area contributed by atoms with Crippen LogP contribution in [0.2, 0.25) is 0 Å². The van der Waals surface area contributed by atoms with Gasteiger partial charge in [-0.25, -0.2) is 14.4 Å². The number of aromatic nitrogens is 3. The molecule has 1 aliphatic heterocycles. The Morgan fingerprint density at radius 3 is 2.61 bits per heavy atom. The molecular formula is C21H25FN4OS. The lowest BCUT2D eigenvalue weighted by Gasteiger charge is -2.32. The van der Waals surface area contributed by atoms with Crippen molar-refractivity contribution >= 4 is 22.2 Å². The summed E-state index contributed by atoms with van der Waals surface area (Å²) < 4.78 is 15.2. The summed E-state index contributed by atoms with van der Waals surface area (Å²) in [5.74, 6) is 0.744. The third kappa shape index (κ3) is 3.86. The highest BCUT2D eigenvalue weighted by molar-refractivity contribution is 7.11. The fourth-order valence-electron chi connectivity index (χ4n) is 4.03. The van der Waals surface area contributed by atoms with Crippen molar-refractivity contribution in [3.05, 3.63) is 55.8 Å². The van der Waals surface area contributed by atoms with E-state index in [9.17, 15) is 9.18 Å². The van der Waals surface area contributed by atoms with E-state index in [1.165, 1.54) is 23.1 Å². The van der Waals surface area contributed by atoms with E-state index in [4.69, 9.17) is 0 Å². The van der Waals surface area contributed by atoms with Gasteiger partial charge in [0, 0.05) is 24.0 Å². The number of halogens is 1. The molecule has 0 spiro atoms. The normalized spacial score (nSPS) is 16.1. The molecule has 3 heterocycles. The van der Waals surface area contributed by atoms with Gasteiger partial charge in [0.05, 0.1) is 21.6 Å². The SMILES string of the molecule is Cc1nc(C)c(CN2CCC(Cn3c(C)nc4cc(F)ccc4c3=O)CC2)s1. The predicted molar refractivity (Wildman–Crippen MR) is 110 cm³/mol. The van der Waals surface area contributed by atoms with Crippen molar-refractivity contribution in [3.8, 4) is 0 Å². The average molecular weight is 401 g/mol. The molecule has 3 aromatic rings. The molecule has 0 amide bonds. The highest BCUT2D eigenvalue weighted by Crippen LogP contribution is 2.24. The van der Waals surface area contributed by atoms with Gasteiger partial charge in [-0.1, -0.05) is 0 Å². The van der Waals surface area contributed by atoms with Crippen LogP contribution < -0.4 is 5.56 Å². The number of piperidine rings is 1. The zero-order chi connectivity index (χ0) is 19.8. The molecule has 0 N–H and O–H groups in total. The molecule has 7 heteroatoms. The Bertz CT molecular complexity index is 1070. The summed E-state index contributed by atoms with van der Waals surface area (Å²) in [6, 6.07) is 4.19. The Morgan fingerprint density at radius 1 is 1.18 bits per heavy atom. The maximum Gasteiger partial charge on any atom is 0.261 e. The van der Waals surface area contributed by atoms with Crippen LogP contribution in [0.5, 0.6) is 0 Å². The molecule has 1 saturated heterocycles. The Balaban J connectivity index is 1.44. The third-order valence-corrected chi connectivity index (χ3v) is 6.68. The number of aryl methyl sites for hydroxylation is 3. The second-order valence-electron chi connectivity index (χ2n) is 7.70. The van der Waals surface area contributed by atoms with Crippen LogP contribution in [-0.4, -0.2) is 32.5 Å². The van der Waals surface area contributed by atoms with Crippen LogP contribution in [0.15, 0.2) is 23.0 Å². The summed E-state index contributed by atoms with van der Waals surface area (Å²) in [7, 11) is 0. The molecular weight excluding hydrogens is 375 g/mol. The number of thiazole rings is 1. The quantitative estimate of drug-likeness (QED) is 0.668. The number of likely N-dealkylation sites (tertiary alicyclic amines) is 1. The minimum atomic E-state index is -0.365. The minimum Gasteiger partial charge on any atom is -0.298 e. The maximum absolute atomic E-state index is 13.4. The average Bonchev–Trinajstić information content (AvgIpc) is 2.96. The fourth-order valence-corrected chi connectivity index (χ4v) is 5.01. The summed E-state index contributed by atoms with van der Waals surface area (Å²) in [5, 5.41) is 1.61. The van der Waals surface area contributed by atoms with Gasteiger partial charge in [0.2, 0.25) is 0 Å². The summed E-state index contributed by atoms with van der Waals surface area (Å²) in [5.41, 5.74) is 1.51. The summed E-state index contributed by atoms with van der Waals surface area (Å²) >= 11 is 1.78. The van der Waals surface area contributed by atoms with Crippen molar-refractivity contribution < 1.29 is 4.39 Å². The van der Waals surface area contributed by atoms with Crippen LogP contribution in [0.3, 0.4) is 0 Å². The van der Waals surface area contributed by atoms with Gasteiger partial charge in [0.15, 0.2) is 0 Å². The van der Waals surface area contributed by atoms with E-state index < -0.39 is 0 Å². The van der Waals surface area contributed by atoms with E-state index in [0.717, 1.165) is 43.2 Å². The van der Waals surface area contributed by atoms with Crippen molar-refractivity contribution in [3.63, 3.8) is 0 Å². The van der Waals surface area contributed by atoms with Gasteiger partial charge in [-0.15, -0.1) is 11.3 Å². The third-order valence-electron chi connectivity index (χ3n) is 5.62. The van der Waals surface area contributed by atoms with E-state index in [1.54, 1.807) is 15.9 Å². The predicted octanol–water partition coefficient (Wildman–Crippen LogP) is 3.83. The summed E-state index contributed by atoms with van der Waals surface area (Å²) in [4.78, 5) is 25.7. The molecule has 0 unspecified atom stereocenters.